The predicted octanol–water partition coefficient (Wildman–Crippen LogP) is -0.405. The number of amides is 1. The minimum atomic E-state index is -0.0842. The number of methoxy groups -OCH3 is 1. The number of carbonyl (C=O) groups is 1. The molecule has 0 aromatic carbocycles. The quantitative estimate of drug-likeness (QED) is 0.629. The van der Waals surface area contributed by atoms with Crippen LogP contribution >= 0.6 is 0 Å². The van der Waals surface area contributed by atoms with Crippen LogP contribution in [-0.4, -0.2) is 42.5 Å². The highest BCUT2D eigenvalue weighted by Gasteiger charge is 2.02. The fraction of sp³-hybridized carbons (Fsp3) is 0.556. The van der Waals surface area contributed by atoms with Gasteiger partial charge in [-0.3, -0.25) is 9.48 Å². The van der Waals surface area contributed by atoms with Crippen molar-refractivity contribution in [3.8, 4) is 0 Å². The summed E-state index contributed by atoms with van der Waals surface area (Å²) in [5.74, 6) is -0.0842. The van der Waals surface area contributed by atoms with Crippen LogP contribution in [0.3, 0.4) is 0 Å². The van der Waals surface area contributed by atoms with Crippen LogP contribution in [0.2, 0.25) is 0 Å². The Morgan fingerprint density at radius 3 is 3.07 bits per heavy atom. The Hall–Kier alpha value is -1.40. The second-order valence-corrected chi connectivity index (χ2v) is 3.12. The highest BCUT2D eigenvalue weighted by Crippen LogP contribution is 2.01. The lowest BCUT2D eigenvalue weighted by atomic mass is 10.5. The summed E-state index contributed by atoms with van der Waals surface area (Å²) >= 11 is 0. The van der Waals surface area contributed by atoms with Crippen LogP contribution in [0.5, 0.6) is 0 Å². The Bertz CT molecular complexity index is 311. The molecule has 0 fully saturated rings. The molecule has 0 radical (unpaired) electrons. The lowest BCUT2D eigenvalue weighted by Gasteiger charge is -2.03. The number of ether oxygens (including phenoxy) is 1. The van der Waals surface area contributed by atoms with Crippen molar-refractivity contribution >= 4 is 11.6 Å². The first-order valence-electron chi connectivity index (χ1n) is 4.70. The maximum atomic E-state index is 11.3. The van der Waals surface area contributed by atoms with Gasteiger partial charge in [0.05, 0.1) is 25.0 Å². The smallest absolute Gasteiger partial charge is 0.238 e. The Morgan fingerprint density at radius 1 is 1.67 bits per heavy atom. The third-order valence-electron chi connectivity index (χ3n) is 1.76. The molecule has 0 aliphatic rings. The topological polar surface area (TPSA) is 68.2 Å². The summed E-state index contributed by atoms with van der Waals surface area (Å²) in [4.78, 5) is 11.3. The van der Waals surface area contributed by atoms with E-state index in [0.717, 1.165) is 0 Å². The van der Waals surface area contributed by atoms with Crippen molar-refractivity contribution in [3.05, 3.63) is 12.4 Å². The standard InChI is InChI=1S/C9H16N4O2/c1-13-7-8(5-11-13)12-9(14)6-10-3-4-15-2/h5,7,10H,3-4,6H2,1-2H3,(H,12,14). The minimum Gasteiger partial charge on any atom is -0.383 e. The summed E-state index contributed by atoms with van der Waals surface area (Å²) in [5, 5.41) is 9.60. The minimum absolute atomic E-state index is 0.0842. The van der Waals surface area contributed by atoms with E-state index < -0.39 is 0 Å². The zero-order valence-corrected chi connectivity index (χ0v) is 8.99. The van der Waals surface area contributed by atoms with Crippen molar-refractivity contribution in [1.29, 1.82) is 0 Å². The van der Waals surface area contributed by atoms with Crippen LogP contribution in [0.15, 0.2) is 12.4 Å². The van der Waals surface area contributed by atoms with E-state index in [0.29, 0.717) is 18.8 Å². The molecule has 6 heteroatoms. The van der Waals surface area contributed by atoms with Crippen LogP contribution in [0.4, 0.5) is 5.69 Å². The van der Waals surface area contributed by atoms with E-state index in [1.807, 2.05) is 0 Å². The van der Waals surface area contributed by atoms with Crippen molar-refractivity contribution in [1.82, 2.24) is 15.1 Å². The molecule has 1 heterocycles. The molecule has 0 atom stereocenters. The van der Waals surface area contributed by atoms with Gasteiger partial charge in [0.2, 0.25) is 5.91 Å². The molecule has 6 nitrogen and oxygen atoms in total. The van der Waals surface area contributed by atoms with E-state index in [4.69, 9.17) is 4.74 Å². The van der Waals surface area contributed by atoms with Crippen molar-refractivity contribution < 1.29 is 9.53 Å². The fourth-order valence-electron chi connectivity index (χ4n) is 1.07. The first-order valence-corrected chi connectivity index (χ1v) is 4.70. The van der Waals surface area contributed by atoms with E-state index in [1.165, 1.54) is 0 Å². The molecule has 84 valence electrons. The van der Waals surface area contributed by atoms with Crippen LogP contribution in [0, 0.1) is 0 Å². The van der Waals surface area contributed by atoms with Gasteiger partial charge in [-0.1, -0.05) is 0 Å². The van der Waals surface area contributed by atoms with Gasteiger partial charge in [0.15, 0.2) is 0 Å². The molecule has 2 N–H and O–H groups in total. The first-order chi connectivity index (χ1) is 7.22. The second kappa shape index (κ2) is 6.15. The number of anilines is 1. The van der Waals surface area contributed by atoms with Crippen molar-refractivity contribution in [2.45, 2.75) is 0 Å². The molecule has 1 amide bonds. The van der Waals surface area contributed by atoms with Crippen molar-refractivity contribution in [2.24, 2.45) is 7.05 Å². The van der Waals surface area contributed by atoms with Crippen LogP contribution in [0.25, 0.3) is 0 Å². The molecule has 0 saturated heterocycles. The molecule has 0 unspecified atom stereocenters. The average molecular weight is 212 g/mol. The fourth-order valence-corrected chi connectivity index (χ4v) is 1.07. The number of nitrogens with zero attached hydrogens (tertiary/aromatic N) is 2. The Kier molecular flexibility index (Phi) is 4.79. The Balaban J connectivity index is 2.18. The normalized spacial score (nSPS) is 10.3. The summed E-state index contributed by atoms with van der Waals surface area (Å²) in [6.45, 7) is 1.54. The molecule has 0 saturated carbocycles. The highest BCUT2D eigenvalue weighted by atomic mass is 16.5. The summed E-state index contributed by atoms with van der Waals surface area (Å²) < 4.78 is 6.47. The van der Waals surface area contributed by atoms with E-state index in [1.54, 1.807) is 31.2 Å². The van der Waals surface area contributed by atoms with Crippen LogP contribution < -0.4 is 10.6 Å². The lowest BCUT2D eigenvalue weighted by molar-refractivity contribution is -0.115. The van der Waals surface area contributed by atoms with Crippen molar-refractivity contribution in [2.75, 3.05) is 32.1 Å². The molecule has 0 spiro atoms. The number of hydrogen-bond acceptors (Lipinski definition) is 4. The van der Waals surface area contributed by atoms with Crippen LogP contribution in [-0.2, 0) is 16.6 Å². The molecule has 0 bridgehead atoms. The average Bonchev–Trinajstić information content (AvgIpc) is 2.59. The van der Waals surface area contributed by atoms with Gasteiger partial charge in [-0.15, -0.1) is 0 Å². The SMILES string of the molecule is COCCNCC(=O)Nc1cnn(C)c1. The third-order valence-corrected chi connectivity index (χ3v) is 1.76. The summed E-state index contributed by atoms with van der Waals surface area (Å²) in [6.07, 6.45) is 3.35. The van der Waals surface area contributed by atoms with Gasteiger partial charge in [0, 0.05) is 26.9 Å². The molecule has 1 aromatic heterocycles. The van der Waals surface area contributed by atoms with E-state index in [9.17, 15) is 4.79 Å². The number of nitrogens with one attached hydrogen (secondary N) is 2. The first kappa shape index (κ1) is 11.7. The molecule has 1 rings (SSSR count). The number of aryl methyl sites for hydroxylation is 1. The van der Waals surface area contributed by atoms with E-state index >= 15 is 0 Å². The maximum absolute atomic E-state index is 11.3. The van der Waals surface area contributed by atoms with Gasteiger partial charge >= 0.3 is 0 Å². The highest BCUT2D eigenvalue weighted by molar-refractivity contribution is 5.91. The molecular weight excluding hydrogens is 196 g/mol. The van der Waals surface area contributed by atoms with Gasteiger partial charge in [-0.25, -0.2) is 0 Å². The Morgan fingerprint density at radius 2 is 2.47 bits per heavy atom. The zero-order valence-electron chi connectivity index (χ0n) is 8.99. The van der Waals surface area contributed by atoms with Gasteiger partial charge in [0.1, 0.15) is 0 Å². The third kappa shape index (κ3) is 4.57. The maximum Gasteiger partial charge on any atom is 0.238 e. The zero-order chi connectivity index (χ0) is 11.1. The summed E-state index contributed by atoms with van der Waals surface area (Å²) in [5.41, 5.74) is 0.705. The number of hydrogen-bond donors (Lipinski definition) is 2. The lowest BCUT2D eigenvalue weighted by Crippen LogP contribution is -2.30. The van der Waals surface area contributed by atoms with E-state index in [-0.39, 0.29) is 12.5 Å². The van der Waals surface area contributed by atoms with Gasteiger partial charge in [-0.05, 0) is 0 Å². The van der Waals surface area contributed by atoms with Gasteiger partial charge in [-0.2, -0.15) is 5.10 Å². The Labute approximate surface area is 88.6 Å². The molecular formula is C9H16N4O2. The molecule has 0 aliphatic carbocycles. The van der Waals surface area contributed by atoms with Crippen LogP contribution in [0.1, 0.15) is 0 Å². The summed E-state index contributed by atoms with van der Waals surface area (Å²) in [7, 11) is 3.42. The van der Waals surface area contributed by atoms with E-state index in [2.05, 4.69) is 15.7 Å². The second-order valence-electron chi connectivity index (χ2n) is 3.12. The van der Waals surface area contributed by atoms with Gasteiger partial charge in [0.25, 0.3) is 0 Å². The predicted molar refractivity (Wildman–Crippen MR) is 56.6 cm³/mol. The monoisotopic (exact) mass is 212 g/mol. The number of aromatic nitrogens is 2. The van der Waals surface area contributed by atoms with Crippen molar-refractivity contribution in [3.63, 3.8) is 0 Å². The summed E-state index contributed by atoms with van der Waals surface area (Å²) in [6, 6.07) is 0. The molecule has 1 aromatic rings. The largest absolute Gasteiger partial charge is 0.383 e. The number of rotatable bonds is 6. The van der Waals surface area contributed by atoms with Gasteiger partial charge < -0.3 is 15.4 Å². The number of carbonyl (C=O) groups excluding carboxylic acids is 1. The molecule has 0 aliphatic heterocycles. The molecule has 15 heavy (non-hydrogen) atoms.